The molecule has 0 radical (unpaired) electrons. The summed E-state index contributed by atoms with van der Waals surface area (Å²) >= 11 is 0. The number of nitrogens with zero attached hydrogens (tertiary/aromatic N) is 1. The van der Waals surface area contributed by atoms with Crippen LogP contribution < -0.4 is 10.4 Å². The van der Waals surface area contributed by atoms with Crippen molar-refractivity contribution in [3.63, 3.8) is 0 Å². The fraction of sp³-hybridized carbons (Fsp3) is 0.419. The Hall–Kier alpha value is -2.28. The topological polar surface area (TPSA) is 52.9 Å². The van der Waals surface area contributed by atoms with Crippen molar-refractivity contribution >= 4 is 18.7 Å². The lowest BCUT2D eigenvalue weighted by molar-refractivity contribution is 0.0526. The number of rotatable bonds is 9. The molecule has 192 valence electrons. The maximum Gasteiger partial charge on any atom is 0.261 e. The molecule has 3 aromatic carbocycles. The van der Waals surface area contributed by atoms with Gasteiger partial charge in [-0.2, -0.15) is 0 Å². The molecule has 36 heavy (non-hydrogen) atoms. The van der Waals surface area contributed by atoms with Gasteiger partial charge < -0.3 is 14.6 Å². The number of benzene rings is 3. The molecule has 4 rings (SSSR count). The van der Waals surface area contributed by atoms with Crippen molar-refractivity contribution < 1.29 is 14.6 Å². The van der Waals surface area contributed by atoms with E-state index in [2.05, 4.69) is 118 Å². The van der Waals surface area contributed by atoms with Crippen molar-refractivity contribution in [1.82, 2.24) is 4.90 Å². The summed E-state index contributed by atoms with van der Waals surface area (Å²) in [5, 5.41) is 23.1. The lowest BCUT2D eigenvalue weighted by atomic mass is 10.00. The summed E-state index contributed by atoms with van der Waals surface area (Å²) in [7, 11) is -2.71. The summed E-state index contributed by atoms with van der Waals surface area (Å²) in [6.45, 7) is 9.74. The molecule has 0 saturated carbocycles. The van der Waals surface area contributed by atoms with Gasteiger partial charge in [-0.25, -0.2) is 0 Å². The van der Waals surface area contributed by atoms with E-state index in [1.807, 2.05) is 6.07 Å². The average molecular weight is 504 g/mol. The van der Waals surface area contributed by atoms with Crippen LogP contribution in [0.3, 0.4) is 0 Å². The maximum atomic E-state index is 10.4. The van der Waals surface area contributed by atoms with E-state index in [-0.39, 0.29) is 42.3 Å². The molecule has 0 spiro atoms. The normalized spacial score (nSPS) is 22.0. The molecule has 4 nitrogen and oxygen atoms in total. The minimum Gasteiger partial charge on any atom is -0.406 e. The molecule has 4 atom stereocenters. The molecule has 0 unspecified atom stereocenters. The molecule has 0 aromatic heterocycles. The van der Waals surface area contributed by atoms with E-state index in [9.17, 15) is 10.2 Å². The van der Waals surface area contributed by atoms with Crippen molar-refractivity contribution in [2.75, 3.05) is 19.8 Å². The van der Waals surface area contributed by atoms with Gasteiger partial charge in [-0.1, -0.05) is 112 Å². The van der Waals surface area contributed by atoms with Crippen LogP contribution in [0.4, 0.5) is 0 Å². The van der Waals surface area contributed by atoms with Crippen LogP contribution in [-0.4, -0.2) is 55.3 Å². The largest absolute Gasteiger partial charge is 0.406 e. The first-order valence-electron chi connectivity index (χ1n) is 13.1. The van der Waals surface area contributed by atoms with Gasteiger partial charge in [0.25, 0.3) is 8.32 Å². The van der Waals surface area contributed by atoms with Gasteiger partial charge in [0, 0.05) is 30.7 Å². The van der Waals surface area contributed by atoms with Gasteiger partial charge in [-0.15, -0.1) is 0 Å². The van der Waals surface area contributed by atoms with Crippen LogP contribution in [0, 0.1) is 5.92 Å². The fourth-order valence-electron chi connectivity index (χ4n) is 6.21. The molecule has 1 heterocycles. The van der Waals surface area contributed by atoms with E-state index in [0.717, 1.165) is 6.42 Å². The van der Waals surface area contributed by atoms with E-state index >= 15 is 0 Å². The molecule has 1 aliphatic rings. The molecule has 0 amide bonds. The third-order valence-corrected chi connectivity index (χ3v) is 13.0. The first-order chi connectivity index (χ1) is 17.3. The molecule has 2 N–H and O–H groups in total. The van der Waals surface area contributed by atoms with E-state index in [1.54, 1.807) is 0 Å². The van der Waals surface area contributed by atoms with Crippen molar-refractivity contribution in [2.45, 2.75) is 57.3 Å². The van der Waals surface area contributed by atoms with Crippen LogP contribution in [-0.2, 0) is 4.43 Å². The Morgan fingerprint density at radius 1 is 0.833 bits per heavy atom. The third kappa shape index (κ3) is 5.08. The Morgan fingerprint density at radius 3 is 1.78 bits per heavy atom. The minimum atomic E-state index is -2.71. The van der Waals surface area contributed by atoms with Crippen LogP contribution in [0.2, 0.25) is 5.04 Å². The zero-order valence-corrected chi connectivity index (χ0v) is 23.0. The molecular weight excluding hydrogens is 462 g/mol. The number of hydrogen-bond acceptors (Lipinski definition) is 4. The molecule has 1 saturated heterocycles. The lowest BCUT2D eigenvalue weighted by Gasteiger charge is -2.45. The Kier molecular flexibility index (Phi) is 8.48. The Labute approximate surface area is 217 Å². The zero-order valence-electron chi connectivity index (χ0n) is 22.0. The van der Waals surface area contributed by atoms with Gasteiger partial charge in [0.15, 0.2) is 0 Å². The fourth-order valence-corrected chi connectivity index (χ4v) is 10.8. The SMILES string of the molecule is C[C@H](c1ccccc1)N1[C@H](CO)C[C@H](CO)[C@H]1CO[Si](c1ccccc1)(c1ccccc1)C(C)(C)C. The molecule has 1 aliphatic heterocycles. The average Bonchev–Trinajstić information content (AvgIpc) is 3.27. The second kappa shape index (κ2) is 11.4. The Bertz CT molecular complexity index is 1030. The Balaban J connectivity index is 1.75. The van der Waals surface area contributed by atoms with Crippen molar-refractivity contribution in [3.05, 3.63) is 96.6 Å². The third-order valence-electron chi connectivity index (χ3n) is 7.99. The number of aliphatic hydroxyl groups is 2. The number of hydrogen-bond donors (Lipinski definition) is 2. The standard InChI is InChI=1S/C31H41NO3Si/c1-24(25-14-8-5-9-15-25)32-27(22-34)20-26(21-33)30(32)23-35-36(31(2,3)4,28-16-10-6-11-17-28)29-18-12-7-13-19-29/h5-19,24,26-27,30,33-34H,20-23H2,1-4H3/t24-,26-,27+,30-/m1/s1. The molecule has 3 aromatic rings. The predicted octanol–water partition coefficient (Wildman–Crippen LogP) is 4.37. The van der Waals surface area contributed by atoms with Crippen molar-refractivity contribution in [1.29, 1.82) is 0 Å². The van der Waals surface area contributed by atoms with Crippen LogP contribution in [0.1, 0.15) is 45.7 Å². The second-order valence-electron chi connectivity index (χ2n) is 11.1. The van der Waals surface area contributed by atoms with Crippen molar-refractivity contribution in [3.8, 4) is 0 Å². The first-order valence-corrected chi connectivity index (χ1v) is 15.0. The number of aliphatic hydroxyl groups excluding tert-OH is 2. The van der Waals surface area contributed by atoms with Crippen LogP contribution in [0.25, 0.3) is 0 Å². The van der Waals surface area contributed by atoms with Crippen molar-refractivity contribution in [2.24, 2.45) is 5.92 Å². The summed E-state index contributed by atoms with van der Waals surface area (Å²) < 4.78 is 7.30. The minimum absolute atomic E-state index is 0.00371. The predicted molar refractivity (Wildman–Crippen MR) is 150 cm³/mol. The van der Waals surface area contributed by atoms with Gasteiger partial charge in [-0.3, -0.25) is 4.90 Å². The second-order valence-corrected chi connectivity index (χ2v) is 15.4. The van der Waals surface area contributed by atoms with Crippen LogP contribution in [0.15, 0.2) is 91.0 Å². The Morgan fingerprint density at radius 2 is 1.33 bits per heavy atom. The highest BCUT2D eigenvalue weighted by molar-refractivity contribution is 6.99. The highest BCUT2D eigenvalue weighted by Crippen LogP contribution is 2.40. The monoisotopic (exact) mass is 503 g/mol. The van der Waals surface area contributed by atoms with E-state index in [1.165, 1.54) is 15.9 Å². The quantitative estimate of drug-likeness (QED) is 0.426. The molecule has 5 heteroatoms. The van der Waals surface area contributed by atoms with E-state index < -0.39 is 8.32 Å². The lowest BCUT2D eigenvalue weighted by Crippen LogP contribution is -2.67. The summed E-state index contributed by atoms with van der Waals surface area (Å²) in [6.07, 6.45) is 0.763. The molecule has 1 fully saturated rings. The van der Waals surface area contributed by atoms with E-state index in [0.29, 0.717) is 6.61 Å². The van der Waals surface area contributed by atoms with Crippen LogP contribution in [0.5, 0.6) is 0 Å². The highest BCUT2D eigenvalue weighted by atomic mass is 28.4. The maximum absolute atomic E-state index is 10.4. The number of likely N-dealkylation sites (tertiary alicyclic amines) is 1. The highest BCUT2D eigenvalue weighted by Gasteiger charge is 2.52. The zero-order chi connectivity index (χ0) is 25.8. The smallest absolute Gasteiger partial charge is 0.261 e. The molecule has 0 bridgehead atoms. The summed E-state index contributed by atoms with van der Waals surface area (Å²) in [5.41, 5.74) is 1.21. The van der Waals surface area contributed by atoms with Gasteiger partial charge >= 0.3 is 0 Å². The van der Waals surface area contributed by atoms with E-state index in [4.69, 9.17) is 4.43 Å². The van der Waals surface area contributed by atoms with Crippen LogP contribution >= 0.6 is 0 Å². The molecular formula is C31H41NO3Si. The van der Waals surface area contributed by atoms with Gasteiger partial charge in [0.2, 0.25) is 0 Å². The van der Waals surface area contributed by atoms with Gasteiger partial charge in [0.1, 0.15) is 0 Å². The summed E-state index contributed by atoms with van der Waals surface area (Å²) in [5.74, 6) is 0.0477. The summed E-state index contributed by atoms with van der Waals surface area (Å²) in [6, 6.07) is 31.9. The van der Waals surface area contributed by atoms with Gasteiger partial charge in [-0.05, 0) is 34.3 Å². The molecule has 0 aliphatic carbocycles. The summed E-state index contributed by atoms with van der Waals surface area (Å²) in [4.78, 5) is 2.40. The first kappa shape index (κ1) is 26.8. The van der Waals surface area contributed by atoms with Gasteiger partial charge in [0.05, 0.1) is 13.2 Å².